The molecule has 0 fully saturated rings. The van der Waals surface area contributed by atoms with Crippen molar-refractivity contribution in [1.82, 2.24) is 4.98 Å². The summed E-state index contributed by atoms with van der Waals surface area (Å²) < 4.78 is 4.90. The first-order valence-electron chi connectivity index (χ1n) is 3.58. The fourth-order valence-corrected chi connectivity index (χ4v) is 0.722. The van der Waals surface area contributed by atoms with Crippen molar-refractivity contribution in [1.29, 1.82) is 0 Å². The van der Waals surface area contributed by atoms with Gasteiger partial charge in [-0.25, -0.2) is 9.98 Å². The molecule has 0 spiro atoms. The van der Waals surface area contributed by atoms with E-state index in [0.717, 1.165) is 0 Å². The highest BCUT2D eigenvalue weighted by molar-refractivity contribution is 6.30. The second-order valence-electron chi connectivity index (χ2n) is 2.02. The SMILES string of the molecule is CCOC=Nc1ccc(Cl)cn1. The lowest BCUT2D eigenvalue weighted by Gasteiger charge is -1.93. The summed E-state index contributed by atoms with van der Waals surface area (Å²) in [4.78, 5) is 7.86. The smallest absolute Gasteiger partial charge is 0.176 e. The van der Waals surface area contributed by atoms with Crippen molar-refractivity contribution in [2.75, 3.05) is 6.61 Å². The van der Waals surface area contributed by atoms with Crippen LogP contribution in [0.4, 0.5) is 5.82 Å². The van der Waals surface area contributed by atoms with Gasteiger partial charge in [0.2, 0.25) is 0 Å². The van der Waals surface area contributed by atoms with E-state index in [2.05, 4.69) is 9.98 Å². The number of hydrogen-bond donors (Lipinski definition) is 0. The average molecular weight is 185 g/mol. The van der Waals surface area contributed by atoms with Crippen molar-refractivity contribution in [2.45, 2.75) is 6.92 Å². The standard InChI is InChI=1S/C8H9ClN2O/c1-2-12-6-11-8-4-3-7(9)5-10-8/h3-6H,2H2,1H3. The Labute approximate surface area is 76.1 Å². The van der Waals surface area contributed by atoms with E-state index in [4.69, 9.17) is 16.3 Å². The van der Waals surface area contributed by atoms with Gasteiger partial charge in [-0.05, 0) is 19.1 Å². The van der Waals surface area contributed by atoms with Gasteiger partial charge in [-0.3, -0.25) is 0 Å². The number of aromatic nitrogens is 1. The summed E-state index contributed by atoms with van der Waals surface area (Å²) in [5.41, 5.74) is 0. The van der Waals surface area contributed by atoms with Gasteiger partial charge in [0.15, 0.2) is 12.2 Å². The van der Waals surface area contributed by atoms with Gasteiger partial charge < -0.3 is 4.74 Å². The zero-order valence-electron chi connectivity index (χ0n) is 6.70. The van der Waals surface area contributed by atoms with Gasteiger partial charge in [-0.2, -0.15) is 0 Å². The number of rotatable bonds is 3. The molecule has 0 radical (unpaired) electrons. The molecule has 12 heavy (non-hydrogen) atoms. The topological polar surface area (TPSA) is 34.5 Å². The third kappa shape index (κ3) is 2.88. The summed E-state index contributed by atoms with van der Waals surface area (Å²) in [6.07, 6.45) is 2.91. The summed E-state index contributed by atoms with van der Waals surface area (Å²) in [6.45, 7) is 2.50. The number of aliphatic imine (C=N–C) groups is 1. The lowest BCUT2D eigenvalue weighted by molar-refractivity contribution is 0.344. The Hall–Kier alpha value is -1.09. The molecule has 1 aromatic heterocycles. The van der Waals surface area contributed by atoms with Crippen LogP contribution in [0.5, 0.6) is 0 Å². The first-order valence-corrected chi connectivity index (χ1v) is 3.96. The minimum absolute atomic E-state index is 0.591. The van der Waals surface area contributed by atoms with Gasteiger partial charge in [0.05, 0.1) is 11.6 Å². The number of nitrogens with zero attached hydrogens (tertiary/aromatic N) is 2. The number of pyridine rings is 1. The van der Waals surface area contributed by atoms with Crippen LogP contribution in [0.25, 0.3) is 0 Å². The van der Waals surface area contributed by atoms with E-state index in [-0.39, 0.29) is 0 Å². The van der Waals surface area contributed by atoms with Crippen LogP contribution < -0.4 is 0 Å². The summed E-state index contributed by atoms with van der Waals surface area (Å²) in [7, 11) is 0. The summed E-state index contributed by atoms with van der Waals surface area (Å²) in [6, 6.07) is 3.45. The number of halogens is 1. The molecule has 0 N–H and O–H groups in total. The van der Waals surface area contributed by atoms with Crippen LogP contribution in [-0.4, -0.2) is 18.0 Å². The first-order chi connectivity index (χ1) is 5.83. The Kier molecular flexibility index (Phi) is 3.54. The Morgan fingerprint density at radius 3 is 3.08 bits per heavy atom. The molecule has 0 aliphatic carbocycles. The minimum atomic E-state index is 0.591. The highest BCUT2D eigenvalue weighted by atomic mass is 35.5. The van der Waals surface area contributed by atoms with Gasteiger partial charge in [0.1, 0.15) is 0 Å². The summed E-state index contributed by atoms with van der Waals surface area (Å²) in [5, 5.41) is 0.602. The van der Waals surface area contributed by atoms with Crippen LogP contribution in [-0.2, 0) is 4.74 Å². The normalized spacial score (nSPS) is 10.5. The largest absolute Gasteiger partial charge is 0.483 e. The molecule has 0 saturated carbocycles. The predicted molar refractivity (Wildman–Crippen MR) is 49.0 cm³/mol. The quantitative estimate of drug-likeness (QED) is 0.534. The van der Waals surface area contributed by atoms with Crippen molar-refractivity contribution in [3.8, 4) is 0 Å². The molecule has 1 rings (SSSR count). The second-order valence-corrected chi connectivity index (χ2v) is 2.46. The Balaban J connectivity index is 2.58. The molecule has 0 amide bonds. The molecule has 1 aromatic rings. The lowest BCUT2D eigenvalue weighted by Crippen LogP contribution is -1.84. The Morgan fingerprint density at radius 2 is 2.50 bits per heavy atom. The molecule has 1 heterocycles. The van der Waals surface area contributed by atoms with Crippen LogP contribution in [0.3, 0.4) is 0 Å². The van der Waals surface area contributed by atoms with E-state index >= 15 is 0 Å². The molecular formula is C8H9ClN2O. The minimum Gasteiger partial charge on any atom is -0.483 e. The third-order valence-electron chi connectivity index (χ3n) is 1.14. The maximum Gasteiger partial charge on any atom is 0.176 e. The number of ether oxygens (including phenoxy) is 1. The molecular weight excluding hydrogens is 176 g/mol. The molecule has 0 aliphatic rings. The van der Waals surface area contributed by atoms with Crippen LogP contribution in [0.15, 0.2) is 23.3 Å². The van der Waals surface area contributed by atoms with Crippen LogP contribution in [0.2, 0.25) is 5.02 Å². The number of hydrogen-bond acceptors (Lipinski definition) is 3. The van der Waals surface area contributed by atoms with E-state index < -0.39 is 0 Å². The molecule has 0 saturated heterocycles. The second kappa shape index (κ2) is 4.72. The van der Waals surface area contributed by atoms with Gasteiger partial charge in [-0.15, -0.1) is 0 Å². The highest BCUT2D eigenvalue weighted by Gasteiger charge is 1.88. The summed E-state index contributed by atoms with van der Waals surface area (Å²) in [5.74, 6) is 0.591. The van der Waals surface area contributed by atoms with E-state index in [1.54, 1.807) is 18.3 Å². The molecule has 64 valence electrons. The molecule has 0 atom stereocenters. The van der Waals surface area contributed by atoms with Gasteiger partial charge in [0.25, 0.3) is 0 Å². The van der Waals surface area contributed by atoms with Gasteiger partial charge in [-0.1, -0.05) is 11.6 Å². The fraction of sp³-hybridized carbons (Fsp3) is 0.250. The molecule has 0 unspecified atom stereocenters. The van der Waals surface area contributed by atoms with E-state index in [1.807, 2.05) is 6.92 Å². The Bertz CT molecular complexity index is 258. The van der Waals surface area contributed by atoms with Crippen molar-refractivity contribution < 1.29 is 4.74 Å². The molecule has 4 heteroatoms. The van der Waals surface area contributed by atoms with Crippen LogP contribution >= 0.6 is 11.6 Å². The summed E-state index contributed by atoms with van der Waals surface area (Å²) >= 11 is 5.63. The van der Waals surface area contributed by atoms with Gasteiger partial charge >= 0.3 is 0 Å². The zero-order valence-corrected chi connectivity index (χ0v) is 7.45. The highest BCUT2D eigenvalue weighted by Crippen LogP contribution is 2.11. The monoisotopic (exact) mass is 184 g/mol. The van der Waals surface area contributed by atoms with Crippen molar-refractivity contribution in [3.63, 3.8) is 0 Å². The third-order valence-corrected chi connectivity index (χ3v) is 1.36. The maximum atomic E-state index is 5.63. The Morgan fingerprint density at radius 1 is 1.67 bits per heavy atom. The first kappa shape index (κ1) is 9.00. The van der Waals surface area contributed by atoms with Crippen LogP contribution in [0, 0.1) is 0 Å². The van der Waals surface area contributed by atoms with Crippen molar-refractivity contribution in [2.24, 2.45) is 4.99 Å². The van der Waals surface area contributed by atoms with E-state index in [9.17, 15) is 0 Å². The zero-order chi connectivity index (χ0) is 8.81. The van der Waals surface area contributed by atoms with Crippen molar-refractivity contribution in [3.05, 3.63) is 23.4 Å². The predicted octanol–water partition coefficient (Wildman–Crippen LogP) is 2.43. The molecule has 0 aromatic carbocycles. The van der Waals surface area contributed by atoms with Crippen molar-refractivity contribution >= 4 is 23.8 Å². The lowest BCUT2D eigenvalue weighted by atomic mass is 10.5. The average Bonchev–Trinajstić information content (AvgIpc) is 2.09. The molecule has 0 aliphatic heterocycles. The molecule has 3 nitrogen and oxygen atoms in total. The maximum absolute atomic E-state index is 5.63. The fourth-order valence-electron chi connectivity index (χ4n) is 0.610. The van der Waals surface area contributed by atoms with Gasteiger partial charge in [0, 0.05) is 6.20 Å². The van der Waals surface area contributed by atoms with E-state index in [0.29, 0.717) is 17.4 Å². The van der Waals surface area contributed by atoms with Crippen LogP contribution in [0.1, 0.15) is 6.92 Å². The molecule has 0 bridgehead atoms. The van der Waals surface area contributed by atoms with E-state index in [1.165, 1.54) is 6.40 Å².